The molecule has 4 N–H and O–H groups in total. The maximum atomic E-state index is 12.7. The van der Waals surface area contributed by atoms with Crippen LogP contribution in [0.4, 0.5) is 16.2 Å². The summed E-state index contributed by atoms with van der Waals surface area (Å²) in [5.74, 6) is -1.06. The summed E-state index contributed by atoms with van der Waals surface area (Å²) in [5, 5.41) is 4.64. The Kier molecular flexibility index (Phi) is 8.36. The zero-order valence-electron chi connectivity index (χ0n) is 16.4. The maximum absolute atomic E-state index is 12.7. The first-order valence-electron chi connectivity index (χ1n) is 8.46. The Morgan fingerprint density at radius 1 is 1.16 bits per heavy atom. The number of rotatable bonds is 7. The van der Waals surface area contributed by atoms with Gasteiger partial charge in [-0.2, -0.15) is 8.42 Å². The van der Waals surface area contributed by atoms with Crippen molar-refractivity contribution in [2.24, 2.45) is 10.7 Å². The molecular formula is C18H19BrN4O7S. The van der Waals surface area contributed by atoms with Crippen LogP contribution in [0.5, 0.6) is 5.75 Å². The molecule has 0 spiro atoms. The first kappa shape index (κ1) is 24.1. The minimum atomic E-state index is -4.26. The Balaban J connectivity index is 2.43. The van der Waals surface area contributed by atoms with Crippen LogP contribution in [0.1, 0.15) is 0 Å². The number of benzene rings is 2. The third-order valence-electron chi connectivity index (χ3n) is 3.46. The van der Waals surface area contributed by atoms with Gasteiger partial charge < -0.3 is 24.7 Å². The first-order chi connectivity index (χ1) is 14.6. The number of halogens is 1. The third-order valence-corrected chi connectivity index (χ3v) is 5.19. The molecule has 2 amide bonds. The summed E-state index contributed by atoms with van der Waals surface area (Å²) in [6.45, 7) is -0.256. The van der Waals surface area contributed by atoms with E-state index in [-0.39, 0.29) is 34.6 Å². The van der Waals surface area contributed by atoms with Crippen LogP contribution in [0, 0.1) is 0 Å². The van der Waals surface area contributed by atoms with Crippen LogP contribution in [0.15, 0.2) is 56.8 Å². The van der Waals surface area contributed by atoms with Gasteiger partial charge in [0.05, 0.1) is 18.5 Å². The summed E-state index contributed by atoms with van der Waals surface area (Å²) in [4.78, 5) is 27.0. The van der Waals surface area contributed by atoms with Crippen LogP contribution < -0.4 is 20.6 Å². The third kappa shape index (κ3) is 7.24. The Bertz CT molecular complexity index is 1110. The summed E-state index contributed by atoms with van der Waals surface area (Å²) in [6.07, 6.45) is -0.835. The number of anilines is 1. The van der Waals surface area contributed by atoms with Gasteiger partial charge in [-0.05, 0) is 30.3 Å². The monoisotopic (exact) mass is 514 g/mol. The molecule has 0 aliphatic heterocycles. The van der Waals surface area contributed by atoms with Crippen LogP contribution in [-0.4, -0.2) is 47.2 Å². The molecule has 0 saturated carbocycles. The van der Waals surface area contributed by atoms with E-state index in [2.05, 4.69) is 36.3 Å². The molecule has 0 saturated heterocycles. The van der Waals surface area contributed by atoms with Crippen LogP contribution >= 0.6 is 15.9 Å². The highest BCUT2D eigenvalue weighted by Crippen LogP contribution is 2.32. The molecular weight excluding hydrogens is 496 g/mol. The SMILES string of the molecule is COCC(=O)Nc1ccc(N=C(N)NC(=O)OC)cc1OS(=O)(=O)c1cccc(Br)c1. The van der Waals surface area contributed by atoms with E-state index in [9.17, 15) is 18.0 Å². The van der Waals surface area contributed by atoms with Gasteiger partial charge in [-0.3, -0.25) is 10.1 Å². The number of nitrogens with zero attached hydrogens (tertiary/aromatic N) is 1. The number of methoxy groups -OCH3 is 2. The van der Waals surface area contributed by atoms with Crippen molar-refractivity contribution in [2.45, 2.75) is 4.90 Å². The number of guanidine groups is 1. The standard InChI is InChI=1S/C18H19BrN4O7S/c1-28-10-16(24)22-14-7-6-12(21-17(20)23-18(25)29-2)9-15(14)30-31(26,27)13-5-3-4-11(19)8-13/h3-9H,10H2,1-2H3,(H,22,24)(H3,20,21,23,25). The zero-order chi connectivity index (χ0) is 23.0. The number of nitrogens with one attached hydrogen (secondary N) is 2. The summed E-state index contributed by atoms with van der Waals surface area (Å²) in [6, 6.07) is 9.91. The topological polar surface area (TPSA) is 158 Å². The molecule has 0 bridgehead atoms. The fourth-order valence-electron chi connectivity index (χ4n) is 2.18. The minimum Gasteiger partial charge on any atom is -0.453 e. The van der Waals surface area contributed by atoms with Gasteiger partial charge in [-0.1, -0.05) is 22.0 Å². The number of hydrogen-bond acceptors (Lipinski definition) is 8. The van der Waals surface area contributed by atoms with Gasteiger partial charge in [0.25, 0.3) is 0 Å². The molecule has 0 fully saturated rings. The fourth-order valence-corrected chi connectivity index (χ4v) is 3.72. The lowest BCUT2D eigenvalue weighted by Crippen LogP contribution is -2.36. The Morgan fingerprint density at radius 2 is 1.90 bits per heavy atom. The van der Waals surface area contributed by atoms with Crippen LogP contribution in [-0.2, 0) is 24.4 Å². The van der Waals surface area contributed by atoms with Crippen molar-refractivity contribution in [3.05, 3.63) is 46.9 Å². The number of carbonyl (C=O) groups is 2. The molecule has 0 heterocycles. The molecule has 0 unspecified atom stereocenters. The van der Waals surface area contributed by atoms with E-state index in [4.69, 9.17) is 14.7 Å². The highest BCUT2D eigenvalue weighted by molar-refractivity contribution is 9.10. The molecule has 166 valence electrons. The second kappa shape index (κ2) is 10.7. The second-order valence-corrected chi connectivity index (χ2v) is 8.23. The van der Waals surface area contributed by atoms with Crippen molar-refractivity contribution in [3.63, 3.8) is 0 Å². The van der Waals surface area contributed by atoms with Crippen LogP contribution in [0.2, 0.25) is 0 Å². The number of nitrogens with two attached hydrogens (primary N) is 1. The van der Waals surface area contributed by atoms with Crippen molar-refractivity contribution in [1.82, 2.24) is 5.32 Å². The molecule has 0 atom stereocenters. The predicted molar refractivity (Wildman–Crippen MR) is 116 cm³/mol. The summed E-state index contributed by atoms with van der Waals surface area (Å²) in [7, 11) is -1.77. The largest absolute Gasteiger partial charge is 0.453 e. The number of alkyl carbamates (subject to hydrolysis) is 1. The van der Waals surface area contributed by atoms with E-state index in [0.29, 0.717) is 4.47 Å². The minimum absolute atomic E-state index is 0.0547. The zero-order valence-corrected chi connectivity index (χ0v) is 18.8. The summed E-state index contributed by atoms with van der Waals surface area (Å²) in [5.41, 5.74) is 5.80. The van der Waals surface area contributed by atoms with Crippen molar-refractivity contribution >= 4 is 55.4 Å². The smallest absolute Gasteiger partial charge is 0.413 e. The highest BCUT2D eigenvalue weighted by Gasteiger charge is 2.20. The van der Waals surface area contributed by atoms with E-state index in [1.54, 1.807) is 6.07 Å². The molecule has 2 aromatic carbocycles. The van der Waals surface area contributed by atoms with Crippen molar-refractivity contribution < 1.29 is 31.7 Å². The van der Waals surface area contributed by atoms with E-state index >= 15 is 0 Å². The predicted octanol–water partition coefficient (Wildman–Crippen LogP) is 2.10. The number of aliphatic imine (C=N–C) groups is 1. The van der Waals surface area contributed by atoms with Crippen molar-refractivity contribution in [2.75, 3.05) is 26.1 Å². The summed E-state index contributed by atoms with van der Waals surface area (Å²) < 4.78 is 40.4. The quantitative estimate of drug-likeness (QED) is 0.287. The normalized spacial score (nSPS) is 11.5. The molecule has 31 heavy (non-hydrogen) atoms. The number of amides is 2. The van der Waals surface area contributed by atoms with Crippen molar-refractivity contribution in [1.29, 1.82) is 0 Å². The van der Waals surface area contributed by atoms with E-state index < -0.39 is 22.1 Å². The average molecular weight is 515 g/mol. The average Bonchev–Trinajstić information content (AvgIpc) is 2.69. The Hall–Kier alpha value is -3.16. The molecule has 0 aliphatic carbocycles. The lowest BCUT2D eigenvalue weighted by atomic mass is 10.2. The van der Waals surface area contributed by atoms with Crippen molar-refractivity contribution in [3.8, 4) is 5.75 Å². The van der Waals surface area contributed by atoms with Gasteiger partial charge >= 0.3 is 16.2 Å². The number of hydrogen-bond donors (Lipinski definition) is 3. The van der Waals surface area contributed by atoms with E-state index in [0.717, 1.165) is 7.11 Å². The molecule has 0 aliphatic rings. The lowest BCUT2D eigenvalue weighted by molar-refractivity contribution is -0.119. The van der Waals surface area contributed by atoms with Gasteiger partial charge in [0, 0.05) is 17.6 Å². The molecule has 0 radical (unpaired) electrons. The summed E-state index contributed by atoms with van der Waals surface area (Å²) >= 11 is 3.20. The molecule has 0 aromatic heterocycles. The maximum Gasteiger partial charge on any atom is 0.413 e. The van der Waals surface area contributed by atoms with Gasteiger partial charge in [-0.25, -0.2) is 9.79 Å². The Labute approximate surface area is 186 Å². The van der Waals surface area contributed by atoms with Gasteiger partial charge in [0.15, 0.2) is 5.75 Å². The highest BCUT2D eigenvalue weighted by atomic mass is 79.9. The number of ether oxygens (including phenoxy) is 2. The molecule has 13 heteroatoms. The van der Waals surface area contributed by atoms with Gasteiger partial charge in [-0.15, -0.1) is 0 Å². The molecule has 2 aromatic rings. The fraction of sp³-hybridized carbons (Fsp3) is 0.167. The van der Waals surface area contributed by atoms with Gasteiger partial charge in [0.2, 0.25) is 11.9 Å². The second-order valence-electron chi connectivity index (χ2n) is 5.77. The van der Waals surface area contributed by atoms with E-state index in [1.165, 1.54) is 43.5 Å². The number of carbonyl (C=O) groups excluding carboxylic acids is 2. The molecule has 2 rings (SSSR count). The van der Waals surface area contributed by atoms with Crippen LogP contribution in [0.3, 0.4) is 0 Å². The molecule has 11 nitrogen and oxygen atoms in total. The van der Waals surface area contributed by atoms with Gasteiger partial charge in [0.1, 0.15) is 11.5 Å². The van der Waals surface area contributed by atoms with Crippen LogP contribution in [0.25, 0.3) is 0 Å². The first-order valence-corrected chi connectivity index (χ1v) is 10.7. The Morgan fingerprint density at radius 3 is 2.55 bits per heavy atom. The lowest BCUT2D eigenvalue weighted by Gasteiger charge is -2.13. The van der Waals surface area contributed by atoms with E-state index in [1.807, 2.05) is 0 Å².